The Balaban J connectivity index is 1.71. The molecule has 2 aromatic heterocycles. The van der Waals surface area contributed by atoms with Gasteiger partial charge in [0.05, 0.1) is 12.8 Å². The van der Waals surface area contributed by atoms with Crippen LogP contribution in [0.3, 0.4) is 0 Å². The number of carbonyl (C=O) groups is 1. The van der Waals surface area contributed by atoms with Crippen molar-refractivity contribution in [3.05, 3.63) is 96.1 Å². The Kier molecular flexibility index (Phi) is 5.57. The van der Waals surface area contributed by atoms with Crippen molar-refractivity contribution in [1.82, 2.24) is 15.3 Å². The molecule has 4 rings (SSSR count). The number of anilines is 2. The minimum Gasteiger partial charge on any atom is -0.467 e. The number of hydrogen-bond donors (Lipinski definition) is 1. The molecule has 0 atom stereocenters. The van der Waals surface area contributed by atoms with E-state index < -0.39 is 0 Å². The van der Waals surface area contributed by atoms with Gasteiger partial charge in [-0.3, -0.25) is 4.79 Å². The topological polar surface area (TPSA) is 71.3 Å². The normalized spacial score (nSPS) is 10.6. The minimum atomic E-state index is -0.264. The number of nitrogens with one attached hydrogen (secondary N) is 1. The summed E-state index contributed by atoms with van der Waals surface area (Å²) in [6.07, 6.45) is 3.16. The van der Waals surface area contributed by atoms with Crippen LogP contribution in [0.1, 0.15) is 21.7 Å². The fourth-order valence-corrected chi connectivity index (χ4v) is 3.16. The van der Waals surface area contributed by atoms with Crippen LogP contribution in [0.4, 0.5) is 11.5 Å². The highest BCUT2D eigenvalue weighted by atomic mass is 16.3. The standard InChI is InChI=1S/C24H22N4O2/c1-17-8-6-9-18(14-17)22-25-16-21(24(29)26-15-20-12-7-13-30-20)23(27-22)28(2)19-10-4-3-5-11-19/h3-14,16H,15H2,1-2H3,(H,26,29). The summed E-state index contributed by atoms with van der Waals surface area (Å²) in [7, 11) is 1.89. The van der Waals surface area contributed by atoms with Crippen LogP contribution in [-0.2, 0) is 6.54 Å². The maximum absolute atomic E-state index is 12.9. The average Bonchev–Trinajstić information content (AvgIpc) is 3.31. The number of carbonyl (C=O) groups excluding carboxylic acids is 1. The van der Waals surface area contributed by atoms with E-state index in [0.29, 0.717) is 29.5 Å². The molecule has 4 aromatic rings. The summed E-state index contributed by atoms with van der Waals surface area (Å²) in [5.74, 6) is 1.52. The number of rotatable bonds is 6. The van der Waals surface area contributed by atoms with Crippen molar-refractivity contribution in [1.29, 1.82) is 0 Å². The van der Waals surface area contributed by atoms with Gasteiger partial charge in [0.2, 0.25) is 0 Å². The van der Waals surface area contributed by atoms with Gasteiger partial charge in [0.15, 0.2) is 5.82 Å². The van der Waals surface area contributed by atoms with Gasteiger partial charge in [-0.15, -0.1) is 0 Å². The Morgan fingerprint density at radius 1 is 1.07 bits per heavy atom. The maximum atomic E-state index is 12.9. The van der Waals surface area contributed by atoms with Gasteiger partial charge in [0.25, 0.3) is 5.91 Å². The number of nitrogens with zero attached hydrogens (tertiary/aromatic N) is 3. The Morgan fingerprint density at radius 2 is 1.90 bits per heavy atom. The largest absolute Gasteiger partial charge is 0.467 e. The first-order valence-corrected chi connectivity index (χ1v) is 9.65. The van der Waals surface area contributed by atoms with Gasteiger partial charge in [0, 0.05) is 24.5 Å². The Bertz CT molecular complexity index is 1140. The zero-order chi connectivity index (χ0) is 20.9. The molecular formula is C24H22N4O2. The number of amides is 1. The van der Waals surface area contributed by atoms with Crippen LogP contribution < -0.4 is 10.2 Å². The summed E-state index contributed by atoms with van der Waals surface area (Å²) in [6, 6.07) is 21.4. The number of aromatic nitrogens is 2. The number of benzene rings is 2. The Labute approximate surface area is 175 Å². The second-order valence-corrected chi connectivity index (χ2v) is 6.96. The molecule has 0 saturated heterocycles. The van der Waals surface area contributed by atoms with Crippen molar-refractivity contribution in [2.75, 3.05) is 11.9 Å². The molecule has 30 heavy (non-hydrogen) atoms. The molecule has 150 valence electrons. The molecule has 2 heterocycles. The average molecular weight is 398 g/mol. The summed E-state index contributed by atoms with van der Waals surface area (Å²) in [5.41, 5.74) is 3.34. The molecule has 6 heteroatoms. The fourth-order valence-electron chi connectivity index (χ4n) is 3.16. The number of para-hydroxylation sites is 1. The fraction of sp³-hybridized carbons (Fsp3) is 0.125. The Morgan fingerprint density at radius 3 is 2.63 bits per heavy atom. The van der Waals surface area contributed by atoms with Crippen LogP contribution in [0.25, 0.3) is 11.4 Å². The second kappa shape index (κ2) is 8.61. The molecule has 0 aliphatic heterocycles. The molecule has 6 nitrogen and oxygen atoms in total. The lowest BCUT2D eigenvalue weighted by atomic mass is 10.1. The predicted molar refractivity (Wildman–Crippen MR) is 117 cm³/mol. The predicted octanol–water partition coefficient (Wildman–Crippen LogP) is 4.74. The number of hydrogen-bond acceptors (Lipinski definition) is 5. The SMILES string of the molecule is Cc1cccc(-c2ncc(C(=O)NCc3ccco3)c(N(C)c3ccccc3)n2)c1. The molecule has 0 unspecified atom stereocenters. The first-order valence-electron chi connectivity index (χ1n) is 9.65. The molecule has 1 N–H and O–H groups in total. The molecular weight excluding hydrogens is 376 g/mol. The van der Waals surface area contributed by atoms with E-state index >= 15 is 0 Å². The van der Waals surface area contributed by atoms with Crippen LogP contribution in [0.5, 0.6) is 0 Å². The van der Waals surface area contributed by atoms with Gasteiger partial charge in [-0.2, -0.15) is 0 Å². The van der Waals surface area contributed by atoms with Crippen LogP contribution in [0.2, 0.25) is 0 Å². The molecule has 0 saturated carbocycles. The van der Waals surface area contributed by atoms with Gasteiger partial charge in [-0.05, 0) is 37.3 Å². The highest BCUT2D eigenvalue weighted by Gasteiger charge is 2.19. The summed E-state index contributed by atoms with van der Waals surface area (Å²) < 4.78 is 5.30. The third kappa shape index (κ3) is 4.22. The third-order valence-electron chi connectivity index (χ3n) is 4.75. The molecule has 0 radical (unpaired) electrons. The van der Waals surface area contributed by atoms with Crippen molar-refractivity contribution in [3.63, 3.8) is 0 Å². The van der Waals surface area contributed by atoms with Crippen molar-refractivity contribution >= 4 is 17.4 Å². The van der Waals surface area contributed by atoms with Gasteiger partial charge in [-0.25, -0.2) is 9.97 Å². The number of furan rings is 1. The van der Waals surface area contributed by atoms with Crippen LogP contribution in [-0.4, -0.2) is 22.9 Å². The maximum Gasteiger partial charge on any atom is 0.257 e. The molecule has 0 spiro atoms. The number of aryl methyl sites for hydroxylation is 1. The molecule has 1 amide bonds. The van der Waals surface area contributed by atoms with E-state index in [1.807, 2.05) is 79.5 Å². The summed E-state index contributed by atoms with van der Waals surface area (Å²) >= 11 is 0. The lowest BCUT2D eigenvalue weighted by molar-refractivity contribution is 0.0948. The molecule has 2 aromatic carbocycles. The van der Waals surface area contributed by atoms with E-state index in [9.17, 15) is 4.79 Å². The highest BCUT2D eigenvalue weighted by molar-refractivity contribution is 5.99. The summed E-state index contributed by atoms with van der Waals surface area (Å²) in [5, 5.41) is 2.88. The minimum absolute atomic E-state index is 0.264. The van der Waals surface area contributed by atoms with E-state index in [4.69, 9.17) is 9.40 Å². The summed E-state index contributed by atoms with van der Waals surface area (Å²) in [4.78, 5) is 24.1. The van der Waals surface area contributed by atoms with E-state index in [-0.39, 0.29) is 5.91 Å². The zero-order valence-electron chi connectivity index (χ0n) is 16.9. The second-order valence-electron chi connectivity index (χ2n) is 6.96. The first kappa shape index (κ1) is 19.4. The van der Waals surface area contributed by atoms with Crippen LogP contribution >= 0.6 is 0 Å². The molecule has 0 bridgehead atoms. The first-order chi connectivity index (χ1) is 14.6. The molecule has 0 aliphatic rings. The third-order valence-corrected chi connectivity index (χ3v) is 4.75. The van der Waals surface area contributed by atoms with Gasteiger partial charge >= 0.3 is 0 Å². The van der Waals surface area contributed by atoms with Crippen molar-refractivity contribution < 1.29 is 9.21 Å². The molecule has 0 aliphatic carbocycles. The summed E-state index contributed by atoms with van der Waals surface area (Å²) in [6.45, 7) is 2.32. The highest BCUT2D eigenvalue weighted by Crippen LogP contribution is 2.27. The van der Waals surface area contributed by atoms with E-state index in [1.165, 1.54) is 0 Å². The van der Waals surface area contributed by atoms with Crippen LogP contribution in [0.15, 0.2) is 83.6 Å². The van der Waals surface area contributed by atoms with E-state index in [1.54, 1.807) is 18.5 Å². The monoisotopic (exact) mass is 398 g/mol. The van der Waals surface area contributed by atoms with Crippen molar-refractivity contribution in [2.24, 2.45) is 0 Å². The zero-order valence-corrected chi connectivity index (χ0v) is 16.9. The Hall–Kier alpha value is -3.93. The molecule has 0 fully saturated rings. The quantitative estimate of drug-likeness (QED) is 0.508. The van der Waals surface area contributed by atoms with Crippen molar-refractivity contribution in [2.45, 2.75) is 13.5 Å². The van der Waals surface area contributed by atoms with Gasteiger partial charge in [0.1, 0.15) is 17.1 Å². The van der Waals surface area contributed by atoms with Crippen molar-refractivity contribution in [3.8, 4) is 11.4 Å². The van der Waals surface area contributed by atoms with Crippen LogP contribution in [0, 0.1) is 6.92 Å². The smallest absolute Gasteiger partial charge is 0.257 e. The van der Waals surface area contributed by atoms with E-state index in [2.05, 4.69) is 10.3 Å². The lowest BCUT2D eigenvalue weighted by Gasteiger charge is -2.21. The van der Waals surface area contributed by atoms with Gasteiger partial charge in [-0.1, -0.05) is 42.0 Å². The lowest BCUT2D eigenvalue weighted by Crippen LogP contribution is -2.26. The van der Waals surface area contributed by atoms with E-state index in [0.717, 1.165) is 16.8 Å². The van der Waals surface area contributed by atoms with Gasteiger partial charge < -0.3 is 14.6 Å².